The number of hydrogen-bond acceptors (Lipinski definition) is 5. The van der Waals surface area contributed by atoms with Gasteiger partial charge in [-0.05, 0) is 25.6 Å². The molecule has 1 aromatic heterocycles. The molecule has 1 fully saturated rings. The number of rotatable bonds is 4. The smallest absolute Gasteiger partial charge is 0.337 e. The second-order valence-corrected chi connectivity index (χ2v) is 4.70. The van der Waals surface area contributed by atoms with E-state index in [1.165, 1.54) is 18.5 Å². The molecule has 0 bridgehead atoms. The Hall–Kier alpha value is -1.99. The number of carboxylic acids is 1. The van der Waals surface area contributed by atoms with Gasteiger partial charge in [0.25, 0.3) is 0 Å². The molecule has 1 aliphatic heterocycles. The Morgan fingerprint density at radius 1 is 1.35 bits per heavy atom. The van der Waals surface area contributed by atoms with E-state index in [1.54, 1.807) is 0 Å². The van der Waals surface area contributed by atoms with E-state index < -0.39 is 5.97 Å². The van der Waals surface area contributed by atoms with Gasteiger partial charge in [-0.25, -0.2) is 4.79 Å². The van der Waals surface area contributed by atoms with Gasteiger partial charge in [0.1, 0.15) is 0 Å². The normalized spacial score (nSPS) is 16.4. The highest BCUT2D eigenvalue weighted by Gasteiger charge is 2.13. The summed E-state index contributed by atoms with van der Waals surface area (Å²) in [4.78, 5) is 28.6. The van der Waals surface area contributed by atoms with Crippen LogP contribution in [-0.2, 0) is 4.79 Å². The summed E-state index contributed by atoms with van der Waals surface area (Å²) >= 11 is 0. The minimum Gasteiger partial charge on any atom is -0.478 e. The maximum atomic E-state index is 11.9. The molecule has 0 unspecified atom stereocenters. The molecule has 3 N–H and O–H groups in total. The van der Waals surface area contributed by atoms with Gasteiger partial charge in [-0.2, -0.15) is 0 Å². The van der Waals surface area contributed by atoms with Crippen molar-refractivity contribution in [3.63, 3.8) is 0 Å². The van der Waals surface area contributed by atoms with E-state index in [4.69, 9.17) is 5.11 Å². The number of nitrogens with one attached hydrogen (secondary N) is 2. The van der Waals surface area contributed by atoms with Crippen LogP contribution < -0.4 is 10.6 Å². The minimum absolute atomic E-state index is 0.0572. The number of pyridine rings is 1. The van der Waals surface area contributed by atoms with Crippen LogP contribution in [0.25, 0.3) is 0 Å². The Labute approximate surface area is 117 Å². The van der Waals surface area contributed by atoms with Crippen molar-refractivity contribution in [3.8, 4) is 0 Å². The molecule has 0 saturated carbocycles. The maximum absolute atomic E-state index is 11.9. The van der Waals surface area contributed by atoms with Crippen molar-refractivity contribution in [3.05, 3.63) is 24.0 Å². The molecule has 0 atom stereocenters. The fourth-order valence-electron chi connectivity index (χ4n) is 2.09. The highest BCUT2D eigenvalue weighted by atomic mass is 16.4. The van der Waals surface area contributed by atoms with Gasteiger partial charge in [-0.1, -0.05) is 0 Å². The van der Waals surface area contributed by atoms with Crippen molar-refractivity contribution in [1.29, 1.82) is 0 Å². The van der Waals surface area contributed by atoms with Crippen LogP contribution in [0.3, 0.4) is 0 Å². The number of aromatic nitrogens is 1. The number of carboxylic acid groups (broad SMARTS) is 1. The first-order valence-electron chi connectivity index (χ1n) is 6.56. The van der Waals surface area contributed by atoms with Crippen LogP contribution in [0.5, 0.6) is 0 Å². The first-order valence-corrected chi connectivity index (χ1v) is 6.56. The Balaban J connectivity index is 1.90. The standard InChI is InChI=1S/C13H18N4O3/c18-12(9-17-4-1-2-14-3-5-17)16-11-6-10(13(19)20)7-15-8-11/h6-8,14H,1-5,9H2,(H,16,18)(H,19,20). The lowest BCUT2D eigenvalue weighted by molar-refractivity contribution is -0.117. The van der Waals surface area contributed by atoms with Crippen LogP contribution in [0.15, 0.2) is 18.5 Å². The summed E-state index contributed by atoms with van der Waals surface area (Å²) in [6, 6.07) is 1.40. The lowest BCUT2D eigenvalue weighted by Crippen LogP contribution is -2.35. The molecular formula is C13H18N4O3. The summed E-state index contributed by atoms with van der Waals surface area (Å²) in [5.74, 6) is -1.22. The monoisotopic (exact) mass is 278 g/mol. The third-order valence-electron chi connectivity index (χ3n) is 3.07. The summed E-state index contributed by atoms with van der Waals surface area (Å²) in [5, 5.41) is 14.8. The zero-order valence-electron chi connectivity index (χ0n) is 11.1. The van der Waals surface area contributed by atoms with Crippen molar-refractivity contribution in [2.24, 2.45) is 0 Å². The molecule has 2 heterocycles. The number of anilines is 1. The number of aromatic carboxylic acids is 1. The lowest BCUT2D eigenvalue weighted by Gasteiger charge is -2.18. The van der Waals surface area contributed by atoms with Gasteiger partial charge in [0, 0.05) is 19.3 Å². The Morgan fingerprint density at radius 3 is 3.00 bits per heavy atom. The summed E-state index contributed by atoms with van der Waals surface area (Å²) in [5.41, 5.74) is 0.463. The van der Waals surface area contributed by atoms with Crippen LogP contribution in [0, 0.1) is 0 Å². The predicted octanol–water partition coefficient (Wildman–Crippen LogP) is 0.0136. The van der Waals surface area contributed by atoms with Gasteiger partial charge in [0.05, 0.1) is 24.0 Å². The lowest BCUT2D eigenvalue weighted by atomic mass is 10.2. The molecular weight excluding hydrogens is 260 g/mol. The van der Waals surface area contributed by atoms with Gasteiger partial charge in [0.15, 0.2) is 0 Å². The van der Waals surface area contributed by atoms with E-state index in [1.807, 2.05) is 0 Å². The average molecular weight is 278 g/mol. The van der Waals surface area contributed by atoms with Crippen LogP contribution in [-0.4, -0.2) is 59.6 Å². The fourth-order valence-corrected chi connectivity index (χ4v) is 2.09. The Bertz CT molecular complexity index is 484. The quantitative estimate of drug-likeness (QED) is 0.718. The highest BCUT2D eigenvalue weighted by molar-refractivity contribution is 5.94. The maximum Gasteiger partial charge on any atom is 0.337 e. The van der Waals surface area contributed by atoms with E-state index in [-0.39, 0.29) is 11.5 Å². The van der Waals surface area contributed by atoms with E-state index >= 15 is 0 Å². The molecule has 20 heavy (non-hydrogen) atoms. The van der Waals surface area contributed by atoms with Gasteiger partial charge < -0.3 is 15.7 Å². The summed E-state index contributed by atoms with van der Waals surface area (Å²) in [7, 11) is 0. The molecule has 0 radical (unpaired) electrons. The van der Waals surface area contributed by atoms with Crippen molar-refractivity contribution in [2.75, 3.05) is 38.0 Å². The number of hydrogen-bond donors (Lipinski definition) is 3. The van der Waals surface area contributed by atoms with Crippen LogP contribution in [0.1, 0.15) is 16.8 Å². The zero-order chi connectivity index (χ0) is 14.4. The average Bonchev–Trinajstić information content (AvgIpc) is 2.67. The number of carbonyl (C=O) groups excluding carboxylic acids is 1. The molecule has 1 aliphatic rings. The number of nitrogens with zero attached hydrogens (tertiary/aromatic N) is 2. The second kappa shape index (κ2) is 6.97. The van der Waals surface area contributed by atoms with Crippen LogP contribution in [0.4, 0.5) is 5.69 Å². The van der Waals surface area contributed by atoms with Gasteiger partial charge in [0.2, 0.25) is 5.91 Å². The molecule has 2 rings (SSSR count). The highest BCUT2D eigenvalue weighted by Crippen LogP contribution is 2.08. The van der Waals surface area contributed by atoms with E-state index in [9.17, 15) is 9.59 Å². The molecule has 108 valence electrons. The molecule has 0 aromatic carbocycles. The van der Waals surface area contributed by atoms with Crippen molar-refractivity contribution < 1.29 is 14.7 Å². The molecule has 1 saturated heterocycles. The summed E-state index contributed by atoms with van der Waals surface area (Å²) in [6.45, 7) is 3.87. The second-order valence-electron chi connectivity index (χ2n) is 4.70. The Morgan fingerprint density at radius 2 is 2.20 bits per heavy atom. The van der Waals surface area contributed by atoms with Gasteiger partial charge >= 0.3 is 5.97 Å². The van der Waals surface area contributed by atoms with E-state index in [0.717, 1.165) is 32.6 Å². The SMILES string of the molecule is O=C(CN1CCCNCC1)Nc1cncc(C(=O)O)c1. The first-order chi connectivity index (χ1) is 9.65. The van der Waals surface area contributed by atoms with Crippen LogP contribution >= 0.6 is 0 Å². The molecule has 1 aromatic rings. The number of amides is 1. The largest absolute Gasteiger partial charge is 0.478 e. The van der Waals surface area contributed by atoms with Crippen molar-refractivity contribution in [2.45, 2.75) is 6.42 Å². The van der Waals surface area contributed by atoms with E-state index in [2.05, 4.69) is 20.5 Å². The molecule has 1 amide bonds. The first kappa shape index (κ1) is 14.4. The molecule has 0 spiro atoms. The molecule has 7 heteroatoms. The zero-order valence-corrected chi connectivity index (χ0v) is 11.1. The minimum atomic E-state index is -1.06. The van der Waals surface area contributed by atoms with Gasteiger partial charge in [-0.3, -0.25) is 14.7 Å². The topological polar surface area (TPSA) is 94.6 Å². The fraction of sp³-hybridized carbons (Fsp3) is 0.462. The molecule has 7 nitrogen and oxygen atoms in total. The molecule has 0 aliphatic carbocycles. The summed E-state index contributed by atoms with van der Waals surface area (Å²) in [6.07, 6.45) is 3.70. The van der Waals surface area contributed by atoms with Gasteiger partial charge in [-0.15, -0.1) is 0 Å². The third-order valence-corrected chi connectivity index (χ3v) is 3.07. The predicted molar refractivity (Wildman–Crippen MR) is 73.8 cm³/mol. The number of carbonyl (C=O) groups is 2. The van der Waals surface area contributed by atoms with Crippen LogP contribution in [0.2, 0.25) is 0 Å². The third kappa shape index (κ3) is 4.29. The van der Waals surface area contributed by atoms with Crippen molar-refractivity contribution >= 4 is 17.6 Å². The summed E-state index contributed by atoms with van der Waals surface area (Å²) < 4.78 is 0. The van der Waals surface area contributed by atoms with Crippen molar-refractivity contribution in [1.82, 2.24) is 15.2 Å². The Kier molecular flexibility index (Phi) is 5.03. The van der Waals surface area contributed by atoms with E-state index in [0.29, 0.717) is 12.2 Å².